The van der Waals surface area contributed by atoms with E-state index in [9.17, 15) is 0 Å². The molecule has 0 aromatic heterocycles. The molecule has 0 bridgehead atoms. The predicted molar refractivity (Wildman–Crippen MR) is 63.0 cm³/mol. The van der Waals surface area contributed by atoms with Crippen LogP contribution in [0.3, 0.4) is 0 Å². The van der Waals surface area contributed by atoms with E-state index >= 15 is 0 Å². The molecule has 88 valence electrons. The summed E-state index contributed by atoms with van der Waals surface area (Å²) in [6.07, 6.45) is 7.63. The Morgan fingerprint density at radius 3 is 2.87 bits per heavy atom. The van der Waals surface area contributed by atoms with Crippen molar-refractivity contribution in [2.24, 2.45) is 5.92 Å². The Morgan fingerprint density at radius 2 is 2.20 bits per heavy atom. The molecular formula is C13H25NO. The van der Waals surface area contributed by atoms with Crippen molar-refractivity contribution in [2.45, 2.75) is 64.0 Å². The quantitative estimate of drug-likeness (QED) is 0.775. The smallest absolute Gasteiger partial charge is 0.0700 e. The minimum absolute atomic E-state index is 0.253. The lowest BCUT2D eigenvalue weighted by atomic mass is 9.88. The zero-order chi connectivity index (χ0) is 10.7. The highest BCUT2D eigenvalue weighted by Crippen LogP contribution is 2.42. The topological polar surface area (TPSA) is 21.3 Å². The standard InChI is InChI=1S/C13H25NO/c1-3-7-14-12-5-8-15-13(10-12)6-4-11(2)9-13/h11-12,14H,3-10H2,1-2H3. The van der Waals surface area contributed by atoms with Gasteiger partial charge in [-0.3, -0.25) is 0 Å². The Balaban J connectivity index is 1.86. The van der Waals surface area contributed by atoms with Gasteiger partial charge in [-0.25, -0.2) is 0 Å². The van der Waals surface area contributed by atoms with Crippen LogP contribution in [0.1, 0.15) is 52.4 Å². The molecule has 1 saturated carbocycles. The summed E-state index contributed by atoms with van der Waals surface area (Å²) in [5.74, 6) is 0.870. The Morgan fingerprint density at radius 1 is 1.33 bits per heavy atom. The van der Waals surface area contributed by atoms with Gasteiger partial charge in [0.2, 0.25) is 0 Å². The van der Waals surface area contributed by atoms with Crippen LogP contribution in [0.4, 0.5) is 0 Å². The van der Waals surface area contributed by atoms with Crippen molar-refractivity contribution >= 4 is 0 Å². The lowest BCUT2D eigenvalue weighted by Gasteiger charge is -2.39. The fraction of sp³-hybridized carbons (Fsp3) is 1.00. The molecule has 1 saturated heterocycles. The van der Waals surface area contributed by atoms with E-state index in [-0.39, 0.29) is 5.60 Å². The van der Waals surface area contributed by atoms with E-state index in [1.54, 1.807) is 0 Å². The van der Waals surface area contributed by atoms with Crippen molar-refractivity contribution in [3.05, 3.63) is 0 Å². The molecule has 3 unspecified atom stereocenters. The van der Waals surface area contributed by atoms with Gasteiger partial charge in [-0.2, -0.15) is 0 Å². The van der Waals surface area contributed by atoms with Crippen molar-refractivity contribution in [1.29, 1.82) is 0 Å². The van der Waals surface area contributed by atoms with E-state index in [4.69, 9.17) is 4.74 Å². The van der Waals surface area contributed by atoms with E-state index in [1.165, 1.54) is 38.5 Å². The third-order valence-electron chi connectivity index (χ3n) is 3.99. The monoisotopic (exact) mass is 211 g/mol. The SMILES string of the molecule is CCCNC1CCOC2(CCC(C)C2)C1. The van der Waals surface area contributed by atoms with Gasteiger partial charge in [0.05, 0.1) is 5.60 Å². The van der Waals surface area contributed by atoms with Gasteiger partial charge in [0.15, 0.2) is 0 Å². The van der Waals surface area contributed by atoms with Gasteiger partial charge in [-0.05, 0) is 51.0 Å². The lowest BCUT2D eigenvalue weighted by molar-refractivity contribution is -0.0854. The fourth-order valence-corrected chi connectivity index (χ4v) is 3.22. The summed E-state index contributed by atoms with van der Waals surface area (Å²) in [5.41, 5.74) is 0.253. The molecule has 1 spiro atoms. The molecule has 0 aromatic carbocycles. The van der Waals surface area contributed by atoms with Gasteiger partial charge in [0.25, 0.3) is 0 Å². The maximum Gasteiger partial charge on any atom is 0.0700 e. The first kappa shape index (κ1) is 11.4. The molecule has 2 aliphatic rings. The summed E-state index contributed by atoms with van der Waals surface area (Å²) in [5, 5.41) is 3.66. The minimum Gasteiger partial charge on any atom is -0.375 e. The molecule has 0 radical (unpaired) electrons. The van der Waals surface area contributed by atoms with Gasteiger partial charge in [-0.15, -0.1) is 0 Å². The first-order valence-corrected chi connectivity index (χ1v) is 6.61. The summed E-state index contributed by atoms with van der Waals surface area (Å²) < 4.78 is 6.07. The van der Waals surface area contributed by atoms with Crippen LogP contribution in [-0.4, -0.2) is 24.8 Å². The summed E-state index contributed by atoms with van der Waals surface area (Å²) in [6, 6.07) is 0.712. The van der Waals surface area contributed by atoms with Crippen LogP contribution in [0.5, 0.6) is 0 Å². The van der Waals surface area contributed by atoms with Gasteiger partial charge < -0.3 is 10.1 Å². The Kier molecular flexibility index (Phi) is 3.68. The molecule has 1 heterocycles. The fourth-order valence-electron chi connectivity index (χ4n) is 3.22. The highest BCUT2D eigenvalue weighted by Gasteiger charge is 2.42. The van der Waals surface area contributed by atoms with Crippen LogP contribution in [0.25, 0.3) is 0 Å². The van der Waals surface area contributed by atoms with E-state index in [1.807, 2.05) is 0 Å². The maximum absolute atomic E-state index is 6.07. The Hall–Kier alpha value is -0.0800. The van der Waals surface area contributed by atoms with Gasteiger partial charge in [0, 0.05) is 12.6 Å². The van der Waals surface area contributed by atoms with Gasteiger partial charge in [0.1, 0.15) is 0 Å². The van der Waals surface area contributed by atoms with Crippen molar-refractivity contribution in [3.8, 4) is 0 Å². The van der Waals surface area contributed by atoms with Crippen LogP contribution in [0.15, 0.2) is 0 Å². The molecule has 0 aromatic rings. The molecule has 2 rings (SSSR count). The zero-order valence-electron chi connectivity index (χ0n) is 10.2. The molecular weight excluding hydrogens is 186 g/mol. The van der Waals surface area contributed by atoms with Crippen molar-refractivity contribution < 1.29 is 4.74 Å². The Bertz CT molecular complexity index is 203. The highest BCUT2D eigenvalue weighted by atomic mass is 16.5. The average Bonchev–Trinajstić information content (AvgIpc) is 2.57. The average molecular weight is 211 g/mol. The lowest BCUT2D eigenvalue weighted by Crippen LogP contribution is -2.45. The first-order chi connectivity index (χ1) is 7.24. The van der Waals surface area contributed by atoms with E-state index in [2.05, 4.69) is 19.2 Å². The van der Waals surface area contributed by atoms with E-state index in [0.29, 0.717) is 6.04 Å². The normalized spacial score (nSPS) is 41.2. The number of rotatable bonds is 3. The summed E-state index contributed by atoms with van der Waals surface area (Å²) >= 11 is 0. The summed E-state index contributed by atoms with van der Waals surface area (Å²) in [7, 11) is 0. The predicted octanol–water partition coefficient (Wildman–Crippen LogP) is 2.72. The second-order valence-electron chi connectivity index (χ2n) is 5.52. The van der Waals surface area contributed by atoms with Gasteiger partial charge in [-0.1, -0.05) is 13.8 Å². The largest absolute Gasteiger partial charge is 0.375 e. The van der Waals surface area contributed by atoms with Crippen LogP contribution in [0.2, 0.25) is 0 Å². The Labute approximate surface area is 93.8 Å². The van der Waals surface area contributed by atoms with Crippen molar-refractivity contribution in [1.82, 2.24) is 5.32 Å². The molecule has 0 amide bonds. The summed E-state index contributed by atoms with van der Waals surface area (Å²) in [6.45, 7) is 6.73. The minimum atomic E-state index is 0.253. The van der Waals surface area contributed by atoms with Crippen molar-refractivity contribution in [3.63, 3.8) is 0 Å². The van der Waals surface area contributed by atoms with Crippen LogP contribution in [-0.2, 0) is 4.74 Å². The number of hydrogen-bond donors (Lipinski definition) is 1. The van der Waals surface area contributed by atoms with Crippen LogP contribution in [0, 0.1) is 5.92 Å². The van der Waals surface area contributed by atoms with E-state index in [0.717, 1.165) is 19.1 Å². The third-order valence-corrected chi connectivity index (χ3v) is 3.99. The van der Waals surface area contributed by atoms with Crippen molar-refractivity contribution in [2.75, 3.05) is 13.2 Å². The van der Waals surface area contributed by atoms with E-state index < -0.39 is 0 Å². The molecule has 15 heavy (non-hydrogen) atoms. The molecule has 2 fully saturated rings. The van der Waals surface area contributed by atoms with Crippen LogP contribution >= 0.6 is 0 Å². The molecule has 2 heteroatoms. The number of ether oxygens (including phenoxy) is 1. The first-order valence-electron chi connectivity index (χ1n) is 6.61. The maximum atomic E-state index is 6.07. The molecule has 3 atom stereocenters. The molecule has 1 N–H and O–H groups in total. The second kappa shape index (κ2) is 4.84. The summed E-state index contributed by atoms with van der Waals surface area (Å²) in [4.78, 5) is 0. The molecule has 1 aliphatic carbocycles. The number of nitrogens with one attached hydrogen (secondary N) is 1. The highest BCUT2D eigenvalue weighted by molar-refractivity contribution is 4.95. The third kappa shape index (κ3) is 2.73. The van der Waals surface area contributed by atoms with Crippen LogP contribution < -0.4 is 5.32 Å². The van der Waals surface area contributed by atoms with Gasteiger partial charge >= 0.3 is 0 Å². The molecule has 1 aliphatic heterocycles. The number of hydrogen-bond acceptors (Lipinski definition) is 2. The zero-order valence-corrected chi connectivity index (χ0v) is 10.2. The molecule has 2 nitrogen and oxygen atoms in total. The second-order valence-corrected chi connectivity index (χ2v) is 5.52.